The van der Waals surface area contributed by atoms with E-state index in [-0.39, 0.29) is 6.61 Å². The molecule has 0 fully saturated rings. The third kappa shape index (κ3) is 10.1. The van der Waals surface area contributed by atoms with Crippen LogP contribution >= 0.6 is 7.82 Å². The molecule has 12 heavy (non-hydrogen) atoms. The second-order valence-corrected chi connectivity index (χ2v) is 4.07. The fourth-order valence-corrected chi connectivity index (χ4v) is 1.08. The molecule has 0 bridgehead atoms. The van der Waals surface area contributed by atoms with Gasteiger partial charge in [0.05, 0.1) is 6.61 Å². The summed E-state index contributed by atoms with van der Waals surface area (Å²) in [7, 11) is -0.347. The van der Waals surface area contributed by atoms with Crippen molar-refractivity contribution in [1.29, 1.82) is 0 Å². The number of phosphoric ester groups is 1. The zero-order valence-corrected chi connectivity index (χ0v) is 8.33. The predicted molar refractivity (Wildman–Crippen MR) is 45.8 cm³/mol. The fraction of sp³-hybridized carbons (Fsp3) is 1.00. The van der Waals surface area contributed by atoms with Crippen molar-refractivity contribution in [2.45, 2.75) is 12.8 Å². The van der Waals surface area contributed by atoms with Crippen LogP contribution in [0.2, 0.25) is 0 Å². The van der Waals surface area contributed by atoms with Crippen molar-refractivity contribution < 1.29 is 18.9 Å². The molecule has 0 aromatic rings. The van der Waals surface area contributed by atoms with Crippen LogP contribution in [0.4, 0.5) is 0 Å². The zero-order valence-electron chi connectivity index (χ0n) is 7.43. The van der Waals surface area contributed by atoms with Crippen LogP contribution < -0.4 is 0 Å². The summed E-state index contributed by atoms with van der Waals surface area (Å²) in [5.41, 5.74) is 0. The van der Waals surface area contributed by atoms with Crippen molar-refractivity contribution in [2.75, 3.05) is 27.2 Å². The molecule has 0 atom stereocenters. The lowest BCUT2D eigenvalue weighted by molar-refractivity contribution is 0.191. The molecule has 0 aliphatic carbocycles. The summed E-state index contributed by atoms with van der Waals surface area (Å²) in [5, 5.41) is 0. The number of hydrogen-bond acceptors (Lipinski definition) is 3. The van der Waals surface area contributed by atoms with Gasteiger partial charge >= 0.3 is 7.82 Å². The van der Waals surface area contributed by atoms with E-state index in [1.165, 1.54) is 0 Å². The Labute approximate surface area is 72.6 Å². The SMILES string of the molecule is CN(C)CCCCOP(=O)(O)O. The van der Waals surface area contributed by atoms with Gasteiger partial charge in [-0.05, 0) is 33.5 Å². The summed E-state index contributed by atoms with van der Waals surface area (Å²) in [6.45, 7) is 1.03. The van der Waals surface area contributed by atoms with E-state index in [1.807, 2.05) is 19.0 Å². The molecule has 0 heterocycles. The van der Waals surface area contributed by atoms with Crippen molar-refractivity contribution in [3.63, 3.8) is 0 Å². The monoisotopic (exact) mass is 197 g/mol. The van der Waals surface area contributed by atoms with Gasteiger partial charge in [0.2, 0.25) is 0 Å². The average molecular weight is 197 g/mol. The topological polar surface area (TPSA) is 70.0 Å². The van der Waals surface area contributed by atoms with Crippen molar-refractivity contribution >= 4 is 7.82 Å². The lowest BCUT2D eigenvalue weighted by atomic mass is 10.3. The Morgan fingerprint density at radius 2 is 1.92 bits per heavy atom. The molecular weight excluding hydrogens is 181 g/mol. The first-order chi connectivity index (χ1) is 5.42. The Bertz CT molecular complexity index is 156. The molecule has 0 amide bonds. The minimum absolute atomic E-state index is 0.123. The third-order valence-corrected chi connectivity index (χ3v) is 1.78. The van der Waals surface area contributed by atoms with Gasteiger partial charge in [0.1, 0.15) is 0 Å². The van der Waals surface area contributed by atoms with Crippen LogP contribution in [-0.2, 0) is 9.09 Å². The maximum atomic E-state index is 10.2. The van der Waals surface area contributed by atoms with Crippen LogP contribution in [0.25, 0.3) is 0 Å². The fourth-order valence-electron chi connectivity index (χ4n) is 0.714. The molecule has 2 N–H and O–H groups in total. The second kappa shape index (κ2) is 5.67. The van der Waals surface area contributed by atoms with Crippen molar-refractivity contribution in [1.82, 2.24) is 4.90 Å². The van der Waals surface area contributed by atoms with E-state index < -0.39 is 7.82 Å². The number of hydrogen-bond donors (Lipinski definition) is 2. The van der Waals surface area contributed by atoms with Crippen LogP contribution in [0.5, 0.6) is 0 Å². The van der Waals surface area contributed by atoms with E-state index in [4.69, 9.17) is 9.79 Å². The number of phosphoric acid groups is 1. The lowest BCUT2D eigenvalue weighted by Crippen LogP contribution is -2.13. The summed E-state index contributed by atoms with van der Waals surface area (Å²) in [6.07, 6.45) is 1.55. The first-order valence-electron chi connectivity index (χ1n) is 3.76. The van der Waals surface area contributed by atoms with Crippen molar-refractivity contribution in [2.24, 2.45) is 0 Å². The summed E-state index contributed by atoms with van der Waals surface area (Å²) in [5.74, 6) is 0. The van der Waals surface area contributed by atoms with Gasteiger partial charge in [0.15, 0.2) is 0 Å². The van der Waals surface area contributed by atoms with Gasteiger partial charge in [-0.25, -0.2) is 4.57 Å². The Morgan fingerprint density at radius 3 is 2.33 bits per heavy atom. The first-order valence-corrected chi connectivity index (χ1v) is 5.29. The largest absolute Gasteiger partial charge is 0.469 e. The molecule has 0 unspecified atom stereocenters. The number of unbranched alkanes of at least 4 members (excludes halogenated alkanes) is 1. The van der Waals surface area contributed by atoms with Gasteiger partial charge < -0.3 is 14.7 Å². The van der Waals surface area contributed by atoms with Crippen molar-refractivity contribution in [3.05, 3.63) is 0 Å². The molecule has 5 nitrogen and oxygen atoms in total. The minimum Gasteiger partial charge on any atom is -0.309 e. The van der Waals surface area contributed by atoms with E-state index in [2.05, 4.69) is 4.52 Å². The Morgan fingerprint density at radius 1 is 1.33 bits per heavy atom. The van der Waals surface area contributed by atoms with E-state index in [9.17, 15) is 4.57 Å². The Kier molecular flexibility index (Phi) is 5.70. The maximum Gasteiger partial charge on any atom is 0.469 e. The minimum atomic E-state index is -4.24. The molecule has 0 aliphatic rings. The molecule has 0 aromatic heterocycles. The number of nitrogens with zero attached hydrogens (tertiary/aromatic N) is 1. The van der Waals surface area contributed by atoms with E-state index in [0.29, 0.717) is 6.42 Å². The molecular formula is C6H16NO4P. The second-order valence-electron chi connectivity index (χ2n) is 2.83. The predicted octanol–water partition coefficient (Wildman–Crippen LogP) is 0.437. The molecule has 0 saturated heterocycles. The highest BCUT2D eigenvalue weighted by atomic mass is 31.2. The van der Waals surface area contributed by atoms with E-state index in [0.717, 1.165) is 13.0 Å². The summed E-state index contributed by atoms with van der Waals surface area (Å²) < 4.78 is 14.4. The Balaban J connectivity index is 3.17. The van der Waals surface area contributed by atoms with Gasteiger partial charge in [0, 0.05) is 0 Å². The van der Waals surface area contributed by atoms with Gasteiger partial charge in [-0.3, -0.25) is 4.52 Å². The lowest BCUT2D eigenvalue weighted by Gasteiger charge is -2.09. The standard InChI is InChI=1S/C6H16NO4P/c1-7(2)5-3-4-6-11-12(8,9)10/h3-6H2,1-2H3,(H2,8,9,10). The van der Waals surface area contributed by atoms with Gasteiger partial charge in [-0.15, -0.1) is 0 Å². The van der Waals surface area contributed by atoms with Crippen molar-refractivity contribution in [3.8, 4) is 0 Å². The molecule has 74 valence electrons. The van der Waals surface area contributed by atoms with Crippen LogP contribution in [0.15, 0.2) is 0 Å². The van der Waals surface area contributed by atoms with Gasteiger partial charge in [-0.2, -0.15) is 0 Å². The molecule has 0 radical (unpaired) electrons. The zero-order chi connectivity index (χ0) is 9.61. The molecule has 6 heteroatoms. The highest BCUT2D eigenvalue weighted by Crippen LogP contribution is 2.35. The summed E-state index contributed by atoms with van der Waals surface area (Å²) in [4.78, 5) is 18.6. The molecule has 0 spiro atoms. The smallest absolute Gasteiger partial charge is 0.309 e. The number of rotatable bonds is 6. The molecule has 0 rings (SSSR count). The van der Waals surface area contributed by atoms with E-state index >= 15 is 0 Å². The average Bonchev–Trinajstić information content (AvgIpc) is 1.83. The summed E-state index contributed by atoms with van der Waals surface area (Å²) >= 11 is 0. The molecule has 0 saturated carbocycles. The van der Waals surface area contributed by atoms with Crippen LogP contribution in [0.1, 0.15) is 12.8 Å². The van der Waals surface area contributed by atoms with Gasteiger partial charge in [0.25, 0.3) is 0 Å². The molecule has 0 aliphatic heterocycles. The van der Waals surface area contributed by atoms with Crippen LogP contribution in [0.3, 0.4) is 0 Å². The highest BCUT2D eigenvalue weighted by molar-refractivity contribution is 7.46. The first kappa shape index (κ1) is 12.1. The third-order valence-electron chi connectivity index (χ3n) is 1.26. The Hall–Kier alpha value is 0.0700. The maximum absolute atomic E-state index is 10.2. The normalized spacial score (nSPS) is 12.4. The van der Waals surface area contributed by atoms with Gasteiger partial charge in [-0.1, -0.05) is 0 Å². The van der Waals surface area contributed by atoms with Crippen LogP contribution in [-0.4, -0.2) is 41.9 Å². The van der Waals surface area contributed by atoms with Crippen LogP contribution in [0, 0.1) is 0 Å². The highest BCUT2D eigenvalue weighted by Gasteiger charge is 2.12. The molecule has 0 aromatic carbocycles. The summed E-state index contributed by atoms with van der Waals surface area (Å²) in [6, 6.07) is 0. The van der Waals surface area contributed by atoms with E-state index in [1.54, 1.807) is 0 Å². The quantitative estimate of drug-likeness (QED) is 0.477.